The Morgan fingerprint density at radius 1 is 0.615 bits per heavy atom. The largest absolute Gasteiger partial charge is 0.537 e. The molecule has 0 heterocycles. The van der Waals surface area contributed by atoms with Crippen LogP contribution < -0.4 is 5.19 Å². The third kappa shape index (κ3) is 5.48. The van der Waals surface area contributed by atoms with Gasteiger partial charge in [0.05, 0.1) is 0 Å². The van der Waals surface area contributed by atoms with Crippen LogP contribution in [0.15, 0.2) is 48.5 Å². The van der Waals surface area contributed by atoms with E-state index in [2.05, 4.69) is 0 Å². The Labute approximate surface area is 157 Å². The van der Waals surface area contributed by atoms with Crippen molar-refractivity contribution >= 4 is 14.0 Å². The molecule has 0 atom stereocenters. The Hall–Kier alpha value is -1.53. The minimum atomic E-state index is -3.05. The van der Waals surface area contributed by atoms with Crippen molar-refractivity contribution in [2.24, 2.45) is 0 Å². The van der Waals surface area contributed by atoms with Gasteiger partial charge in [0.1, 0.15) is 5.82 Å². The molecule has 0 aliphatic rings. The zero-order chi connectivity index (χ0) is 19.3. The van der Waals surface area contributed by atoms with Crippen molar-refractivity contribution in [2.45, 2.75) is 59.9 Å². The normalized spacial score (nSPS) is 12.4. The molecule has 2 aromatic rings. The summed E-state index contributed by atoms with van der Waals surface area (Å²) in [6.07, 6.45) is -0.0529. The molecule has 0 saturated carbocycles. The second kappa shape index (κ2) is 8.91. The monoisotopic (exact) mass is 376 g/mol. The molecule has 0 N–H and O–H groups in total. The van der Waals surface area contributed by atoms with Gasteiger partial charge in [-0.1, -0.05) is 36.4 Å². The van der Waals surface area contributed by atoms with Gasteiger partial charge < -0.3 is 13.3 Å². The van der Waals surface area contributed by atoms with Gasteiger partial charge in [-0.15, -0.1) is 0 Å². The Bertz CT molecular complexity index is 655. The molecule has 0 aliphatic heterocycles. The van der Waals surface area contributed by atoms with E-state index < -0.39 is 8.80 Å². The standard InChI is InChI=1S/C21H29FO3Si/c1-15(2)23-26(24-16(3)4,25-17(5)6)21-13-9-19(10-14-21)18-7-11-20(22)12-8-18/h7-17H,1-6H3. The minimum Gasteiger partial charge on any atom is -0.367 e. The predicted molar refractivity (Wildman–Crippen MR) is 106 cm³/mol. The molecule has 142 valence electrons. The van der Waals surface area contributed by atoms with Gasteiger partial charge >= 0.3 is 8.80 Å². The Kier molecular flexibility index (Phi) is 7.12. The molecule has 0 radical (unpaired) electrons. The molecule has 0 fully saturated rings. The van der Waals surface area contributed by atoms with E-state index in [1.165, 1.54) is 12.1 Å². The summed E-state index contributed by atoms with van der Waals surface area (Å²) in [5, 5.41) is 0.930. The van der Waals surface area contributed by atoms with E-state index in [0.29, 0.717) is 0 Å². The molecule has 0 aromatic heterocycles. The van der Waals surface area contributed by atoms with Crippen LogP contribution in [0.4, 0.5) is 4.39 Å². The van der Waals surface area contributed by atoms with Crippen LogP contribution in [0.3, 0.4) is 0 Å². The van der Waals surface area contributed by atoms with Gasteiger partial charge in [0.15, 0.2) is 0 Å². The fourth-order valence-corrected chi connectivity index (χ4v) is 5.74. The number of rotatable bonds is 8. The van der Waals surface area contributed by atoms with Gasteiger partial charge in [-0.3, -0.25) is 0 Å². The van der Waals surface area contributed by atoms with Gasteiger partial charge in [-0.05, 0) is 64.8 Å². The Balaban J connectivity index is 2.41. The first-order valence-electron chi connectivity index (χ1n) is 9.12. The molecule has 2 rings (SSSR count). The second-order valence-electron chi connectivity index (χ2n) is 7.14. The highest BCUT2D eigenvalue weighted by Crippen LogP contribution is 2.22. The van der Waals surface area contributed by atoms with Gasteiger partial charge in [0.2, 0.25) is 0 Å². The molecule has 2 aromatic carbocycles. The first kappa shape index (κ1) is 20.8. The summed E-state index contributed by atoms with van der Waals surface area (Å²) in [5.74, 6) is -0.238. The van der Waals surface area contributed by atoms with E-state index >= 15 is 0 Å². The molecule has 0 saturated heterocycles. The molecular formula is C21H29FO3Si. The first-order valence-corrected chi connectivity index (χ1v) is 10.8. The quantitative estimate of drug-likeness (QED) is 0.613. The maximum absolute atomic E-state index is 13.1. The van der Waals surface area contributed by atoms with Gasteiger partial charge in [-0.2, -0.15) is 0 Å². The van der Waals surface area contributed by atoms with Crippen LogP contribution in [0.1, 0.15) is 41.5 Å². The fraction of sp³-hybridized carbons (Fsp3) is 0.429. The second-order valence-corrected chi connectivity index (χ2v) is 9.54. The van der Waals surface area contributed by atoms with Gasteiger partial charge in [0.25, 0.3) is 0 Å². The molecule has 0 spiro atoms. The Morgan fingerprint density at radius 3 is 1.31 bits per heavy atom. The molecule has 0 unspecified atom stereocenters. The van der Waals surface area contributed by atoms with Crippen LogP contribution in [-0.4, -0.2) is 27.1 Å². The molecule has 0 bridgehead atoms. The maximum atomic E-state index is 13.1. The van der Waals surface area contributed by atoms with Crippen molar-refractivity contribution in [3.05, 3.63) is 54.3 Å². The Morgan fingerprint density at radius 2 is 0.962 bits per heavy atom. The fourth-order valence-electron chi connectivity index (χ4n) is 2.73. The summed E-state index contributed by atoms with van der Waals surface area (Å²) in [6, 6.07) is 14.5. The number of benzene rings is 2. The summed E-state index contributed by atoms with van der Waals surface area (Å²) in [6.45, 7) is 11.9. The van der Waals surface area contributed by atoms with E-state index in [-0.39, 0.29) is 24.1 Å². The smallest absolute Gasteiger partial charge is 0.367 e. The summed E-state index contributed by atoms with van der Waals surface area (Å²) < 4.78 is 31.9. The highest BCUT2D eigenvalue weighted by Gasteiger charge is 2.46. The highest BCUT2D eigenvalue weighted by molar-refractivity contribution is 6.75. The minimum absolute atomic E-state index is 0.0176. The summed E-state index contributed by atoms with van der Waals surface area (Å²) in [7, 11) is -3.05. The van der Waals surface area contributed by atoms with E-state index in [1.54, 1.807) is 12.1 Å². The average molecular weight is 377 g/mol. The average Bonchev–Trinajstić information content (AvgIpc) is 2.53. The predicted octanol–water partition coefficient (Wildman–Crippen LogP) is 4.91. The third-order valence-corrected chi connectivity index (χ3v) is 6.97. The molecule has 5 heteroatoms. The van der Waals surface area contributed by atoms with Gasteiger partial charge in [-0.25, -0.2) is 4.39 Å². The van der Waals surface area contributed by atoms with Crippen molar-refractivity contribution in [2.75, 3.05) is 0 Å². The zero-order valence-electron chi connectivity index (χ0n) is 16.5. The number of halogens is 1. The van der Waals surface area contributed by atoms with Crippen LogP contribution in [0.25, 0.3) is 11.1 Å². The molecule has 0 aliphatic carbocycles. The van der Waals surface area contributed by atoms with Crippen LogP contribution in [0, 0.1) is 5.82 Å². The van der Waals surface area contributed by atoms with Crippen LogP contribution in [0.5, 0.6) is 0 Å². The van der Waals surface area contributed by atoms with Crippen molar-refractivity contribution in [1.82, 2.24) is 0 Å². The lowest BCUT2D eigenvalue weighted by atomic mass is 10.1. The van der Waals surface area contributed by atoms with Crippen molar-refractivity contribution in [3.63, 3.8) is 0 Å². The third-order valence-electron chi connectivity index (χ3n) is 3.59. The van der Waals surface area contributed by atoms with E-state index in [4.69, 9.17) is 13.3 Å². The summed E-state index contributed by atoms with van der Waals surface area (Å²) >= 11 is 0. The van der Waals surface area contributed by atoms with E-state index in [1.807, 2.05) is 65.8 Å². The molecular weight excluding hydrogens is 347 g/mol. The molecule has 26 heavy (non-hydrogen) atoms. The number of hydrogen-bond acceptors (Lipinski definition) is 3. The molecule has 3 nitrogen and oxygen atoms in total. The lowest BCUT2D eigenvalue weighted by Gasteiger charge is -2.34. The van der Waals surface area contributed by atoms with Crippen molar-refractivity contribution in [3.8, 4) is 11.1 Å². The number of hydrogen-bond donors (Lipinski definition) is 0. The topological polar surface area (TPSA) is 27.7 Å². The van der Waals surface area contributed by atoms with Crippen molar-refractivity contribution < 1.29 is 17.7 Å². The van der Waals surface area contributed by atoms with Crippen LogP contribution >= 0.6 is 0 Å². The summed E-state index contributed by atoms with van der Waals surface area (Å²) in [4.78, 5) is 0. The lowest BCUT2D eigenvalue weighted by Crippen LogP contribution is -2.60. The summed E-state index contributed by atoms with van der Waals surface area (Å²) in [5.41, 5.74) is 1.97. The van der Waals surface area contributed by atoms with E-state index in [9.17, 15) is 4.39 Å². The SMILES string of the molecule is CC(C)O[Si](OC(C)C)(OC(C)C)c1ccc(-c2ccc(F)cc2)cc1. The zero-order valence-corrected chi connectivity index (χ0v) is 17.5. The molecule has 0 amide bonds. The van der Waals surface area contributed by atoms with Crippen LogP contribution in [-0.2, 0) is 13.3 Å². The first-order chi connectivity index (χ1) is 12.2. The van der Waals surface area contributed by atoms with Crippen molar-refractivity contribution in [1.29, 1.82) is 0 Å². The highest BCUT2D eigenvalue weighted by atomic mass is 28.4. The lowest BCUT2D eigenvalue weighted by molar-refractivity contribution is 0.0153. The maximum Gasteiger partial charge on any atom is 0.537 e. The van der Waals surface area contributed by atoms with Crippen LogP contribution in [0.2, 0.25) is 0 Å². The van der Waals surface area contributed by atoms with E-state index in [0.717, 1.165) is 16.3 Å². The van der Waals surface area contributed by atoms with Gasteiger partial charge in [0, 0.05) is 23.5 Å².